The SMILES string of the molecule is CCN(CC)CCCNC(=O)CC1CCN(S(=O)(=O)c2ccc(Cl)s2)CC1. The van der Waals surface area contributed by atoms with Crippen LogP contribution >= 0.6 is 22.9 Å². The Hall–Kier alpha value is -0.670. The van der Waals surface area contributed by atoms with Gasteiger partial charge in [-0.1, -0.05) is 25.4 Å². The molecule has 2 rings (SSSR count). The van der Waals surface area contributed by atoms with E-state index in [1.54, 1.807) is 12.1 Å². The lowest BCUT2D eigenvalue weighted by Crippen LogP contribution is -2.39. The standard InChI is InChI=1S/C18H30ClN3O3S2/c1-3-21(4-2)11-5-10-20-17(23)14-15-8-12-22(13-9-15)27(24,25)18-7-6-16(19)26-18/h6-7,15H,3-5,8-14H2,1-2H3,(H,20,23). The fourth-order valence-corrected chi connectivity index (χ4v) is 6.43. The van der Waals surface area contributed by atoms with Crippen molar-refractivity contribution < 1.29 is 13.2 Å². The Morgan fingerprint density at radius 3 is 2.52 bits per heavy atom. The van der Waals surface area contributed by atoms with Gasteiger partial charge in [0.05, 0.1) is 4.34 Å². The average molecular weight is 436 g/mol. The molecule has 2 heterocycles. The summed E-state index contributed by atoms with van der Waals surface area (Å²) >= 11 is 6.94. The molecule has 0 bridgehead atoms. The van der Waals surface area contributed by atoms with Gasteiger partial charge in [0.1, 0.15) is 4.21 Å². The van der Waals surface area contributed by atoms with Crippen molar-refractivity contribution in [1.82, 2.24) is 14.5 Å². The predicted octanol–water partition coefficient (Wildman–Crippen LogP) is 3.04. The van der Waals surface area contributed by atoms with Crippen LogP contribution in [-0.2, 0) is 14.8 Å². The van der Waals surface area contributed by atoms with Crippen molar-refractivity contribution >= 4 is 38.9 Å². The van der Waals surface area contributed by atoms with Gasteiger partial charge in [-0.2, -0.15) is 4.31 Å². The highest BCUT2D eigenvalue weighted by Crippen LogP contribution is 2.31. The molecule has 0 aliphatic carbocycles. The maximum atomic E-state index is 12.6. The number of nitrogens with zero attached hydrogens (tertiary/aromatic N) is 2. The summed E-state index contributed by atoms with van der Waals surface area (Å²) in [5.41, 5.74) is 0. The number of rotatable bonds is 10. The van der Waals surface area contributed by atoms with E-state index in [1.807, 2.05) is 0 Å². The van der Waals surface area contributed by atoms with E-state index in [2.05, 4.69) is 24.1 Å². The second-order valence-electron chi connectivity index (χ2n) is 6.84. The Morgan fingerprint density at radius 1 is 1.30 bits per heavy atom. The van der Waals surface area contributed by atoms with E-state index in [1.165, 1.54) is 4.31 Å². The van der Waals surface area contributed by atoms with Crippen LogP contribution in [0.1, 0.15) is 39.5 Å². The van der Waals surface area contributed by atoms with E-state index in [-0.39, 0.29) is 16.0 Å². The molecule has 1 aliphatic rings. The fraction of sp³-hybridized carbons (Fsp3) is 0.722. The molecule has 154 valence electrons. The maximum Gasteiger partial charge on any atom is 0.252 e. The molecule has 27 heavy (non-hydrogen) atoms. The number of carbonyl (C=O) groups excluding carboxylic acids is 1. The van der Waals surface area contributed by atoms with Crippen molar-refractivity contribution in [1.29, 1.82) is 0 Å². The molecule has 1 saturated heterocycles. The number of hydrogen-bond donors (Lipinski definition) is 1. The molecule has 0 unspecified atom stereocenters. The van der Waals surface area contributed by atoms with Crippen molar-refractivity contribution in [3.8, 4) is 0 Å². The first-order valence-corrected chi connectivity index (χ1v) is 12.2. The molecular weight excluding hydrogens is 406 g/mol. The Kier molecular flexibility index (Phi) is 9.01. The van der Waals surface area contributed by atoms with Crippen LogP contribution in [0.5, 0.6) is 0 Å². The highest BCUT2D eigenvalue weighted by Gasteiger charge is 2.31. The van der Waals surface area contributed by atoms with Gasteiger partial charge in [-0.3, -0.25) is 4.79 Å². The van der Waals surface area contributed by atoms with Gasteiger partial charge in [-0.25, -0.2) is 8.42 Å². The Morgan fingerprint density at radius 2 is 1.96 bits per heavy atom. The molecule has 0 atom stereocenters. The molecule has 1 N–H and O–H groups in total. The van der Waals surface area contributed by atoms with E-state index < -0.39 is 10.0 Å². The summed E-state index contributed by atoms with van der Waals surface area (Å²) in [6.45, 7) is 8.95. The Balaban J connectivity index is 1.70. The summed E-state index contributed by atoms with van der Waals surface area (Å²) in [5.74, 6) is 0.312. The molecule has 0 saturated carbocycles. The number of halogens is 1. The highest BCUT2D eigenvalue weighted by molar-refractivity contribution is 7.91. The van der Waals surface area contributed by atoms with Crippen molar-refractivity contribution in [3.05, 3.63) is 16.5 Å². The van der Waals surface area contributed by atoms with Crippen molar-refractivity contribution in [3.63, 3.8) is 0 Å². The van der Waals surface area contributed by atoms with Gasteiger partial charge in [-0.15, -0.1) is 11.3 Å². The first-order chi connectivity index (χ1) is 12.9. The molecular formula is C18H30ClN3O3S2. The molecule has 0 spiro atoms. The molecule has 0 aromatic carbocycles. The summed E-state index contributed by atoms with van der Waals surface area (Å²) in [4.78, 5) is 14.5. The second-order valence-corrected chi connectivity index (χ2v) is 10.7. The van der Waals surface area contributed by atoms with E-state index in [9.17, 15) is 13.2 Å². The quantitative estimate of drug-likeness (QED) is 0.573. The number of nitrogens with one attached hydrogen (secondary N) is 1. The van der Waals surface area contributed by atoms with Crippen molar-refractivity contribution in [2.75, 3.05) is 39.3 Å². The van der Waals surface area contributed by atoms with Gasteiger partial charge in [-0.05, 0) is 56.9 Å². The number of amides is 1. The van der Waals surface area contributed by atoms with Gasteiger partial charge >= 0.3 is 0 Å². The first-order valence-electron chi connectivity index (χ1n) is 9.61. The van der Waals surface area contributed by atoms with E-state index >= 15 is 0 Å². The van der Waals surface area contributed by atoms with Crippen LogP contribution in [0.2, 0.25) is 4.34 Å². The second kappa shape index (κ2) is 10.8. The van der Waals surface area contributed by atoms with Crippen LogP contribution in [0.4, 0.5) is 0 Å². The summed E-state index contributed by atoms with van der Waals surface area (Å²) in [5, 5.41) is 2.99. The minimum Gasteiger partial charge on any atom is -0.356 e. The maximum absolute atomic E-state index is 12.6. The highest BCUT2D eigenvalue weighted by atomic mass is 35.5. The lowest BCUT2D eigenvalue weighted by Gasteiger charge is -2.30. The van der Waals surface area contributed by atoms with Crippen molar-refractivity contribution in [2.45, 2.75) is 43.7 Å². The number of thiophene rings is 1. The van der Waals surface area contributed by atoms with E-state index in [4.69, 9.17) is 11.6 Å². The zero-order valence-electron chi connectivity index (χ0n) is 16.1. The van der Waals surface area contributed by atoms with Crippen LogP contribution in [0, 0.1) is 5.92 Å². The normalized spacial score (nSPS) is 16.7. The summed E-state index contributed by atoms with van der Waals surface area (Å²) in [6, 6.07) is 3.16. The third-order valence-electron chi connectivity index (χ3n) is 5.06. The third-order valence-corrected chi connectivity index (χ3v) is 8.66. The molecule has 0 radical (unpaired) electrons. The number of piperidine rings is 1. The van der Waals surface area contributed by atoms with Gasteiger partial charge in [0.2, 0.25) is 5.91 Å². The van der Waals surface area contributed by atoms with Crippen LogP contribution < -0.4 is 5.32 Å². The van der Waals surface area contributed by atoms with E-state index in [0.717, 1.165) is 37.4 Å². The largest absolute Gasteiger partial charge is 0.356 e. The summed E-state index contributed by atoms with van der Waals surface area (Å²) in [7, 11) is -3.46. The lowest BCUT2D eigenvalue weighted by molar-refractivity contribution is -0.122. The Labute approximate surface area is 171 Å². The van der Waals surface area contributed by atoms with E-state index in [0.29, 0.717) is 43.2 Å². The van der Waals surface area contributed by atoms with Gasteiger partial charge in [0.25, 0.3) is 10.0 Å². The van der Waals surface area contributed by atoms with Crippen LogP contribution in [-0.4, -0.2) is 62.8 Å². The van der Waals surface area contributed by atoms with Gasteiger partial charge in [0, 0.05) is 26.1 Å². The molecule has 1 fully saturated rings. The smallest absolute Gasteiger partial charge is 0.252 e. The molecule has 1 aromatic rings. The zero-order valence-corrected chi connectivity index (χ0v) is 18.5. The molecule has 1 aliphatic heterocycles. The van der Waals surface area contributed by atoms with Gasteiger partial charge in [0.15, 0.2) is 0 Å². The molecule has 1 amide bonds. The minimum atomic E-state index is -3.46. The van der Waals surface area contributed by atoms with Gasteiger partial charge < -0.3 is 10.2 Å². The molecule has 9 heteroatoms. The average Bonchev–Trinajstić information content (AvgIpc) is 3.09. The van der Waals surface area contributed by atoms with Crippen LogP contribution in [0.15, 0.2) is 16.3 Å². The topological polar surface area (TPSA) is 69.7 Å². The Bertz CT molecular complexity index is 696. The van der Waals surface area contributed by atoms with Crippen LogP contribution in [0.3, 0.4) is 0 Å². The predicted molar refractivity (Wildman–Crippen MR) is 111 cm³/mol. The summed E-state index contributed by atoms with van der Waals surface area (Å²) in [6.07, 6.45) is 2.86. The molecule has 6 nitrogen and oxygen atoms in total. The van der Waals surface area contributed by atoms with Crippen molar-refractivity contribution in [2.24, 2.45) is 5.92 Å². The monoisotopic (exact) mass is 435 g/mol. The van der Waals surface area contributed by atoms with Crippen LogP contribution in [0.25, 0.3) is 0 Å². The lowest BCUT2D eigenvalue weighted by atomic mass is 9.94. The minimum absolute atomic E-state index is 0.0703. The number of hydrogen-bond acceptors (Lipinski definition) is 5. The summed E-state index contributed by atoms with van der Waals surface area (Å²) < 4.78 is 27.5. The first kappa shape index (κ1) is 22.6. The number of sulfonamides is 1. The zero-order chi connectivity index (χ0) is 19.9. The number of carbonyl (C=O) groups is 1. The third kappa shape index (κ3) is 6.71. The molecule has 1 aromatic heterocycles. The fourth-order valence-electron chi connectivity index (χ4n) is 3.32.